The second-order valence-electron chi connectivity index (χ2n) is 6.10. The van der Waals surface area contributed by atoms with Crippen LogP contribution in [0.4, 0.5) is 11.4 Å². The lowest BCUT2D eigenvalue weighted by Gasteiger charge is -2.33. The summed E-state index contributed by atoms with van der Waals surface area (Å²) in [6, 6.07) is 13.1. The van der Waals surface area contributed by atoms with Crippen LogP contribution in [0.5, 0.6) is 5.75 Å². The number of anilines is 2. The van der Waals surface area contributed by atoms with Crippen LogP contribution in [0.2, 0.25) is 0 Å². The number of fused-ring (bicyclic) bond motifs is 1. The van der Waals surface area contributed by atoms with Crippen molar-refractivity contribution in [2.45, 2.75) is 13.0 Å². The Kier molecular flexibility index (Phi) is 5.55. The van der Waals surface area contributed by atoms with Crippen molar-refractivity contribution in [3.05, 3.63) is 54.1 Å². The molecule has 148 valence electrons. The van der Waals surface area contributed by atoms with Gasteiger partial charge in [0.1, 0.15) is 5.75 Å². The molecule has 0 spiro atoms. The lowest BCUT2D eigenvalue weighted by molar-refractivity contribution is -0.148. The first-order valence-electron chi connectivity index (χ1n) is 8.60. The molecule has 1 N–H and O–H groups in total. The molecule has 0 bridgehead atoms. The van der Waals surface area contributed by atoms with Gasteiger partial charge in [-0.1, -0.05) is 18.2 Å². The minimum atomic E-state index is -3.47. The number of nitrogens with one attached hydrogen (secondary N) is 1. The van der Waals surface area contributed by atoms with E-state index in [-0.39, 0.29) is 23.8 Å². The van der Waals surface area contributed by atoms with Crippen LogP contribution in [0, 0.1) is 0 Å². The Hall–Kier alpha value is -3.07. The van der Waals surface area contributed by atoms with Crippen molar-refractivity contribution in [3.8, 4) is 5.75 Å². The topological polar surface area (TPSA) is 102 Å². The fourth-order valence-corrected chi connectivity index (χ4v) is 3.43. The van der Waals surface area contributed by atoms with Gasteiger partial charge in [0.25, 0.3) is 5.91 Å². The number of carbonyl (C=O) groups is 2. The summed E-state index contributed by atoms with van der Waals surface area (Å²) in [6.45, 7) is 1.50. The maximum Gasteiger partial charge on any atom is 0.348 e. The smallest absolute Gasteiger partial charge is 0.348 e. The normalized spacial score (nSPS) is 15.9. The van der Waals surface area contributed by atoms with E-state index in [1.807, 2.05) is 0 Å². The van der Waals surface area contributed by atoms with Gasteiger partial charge >= 0.3 is 5.97 Å². The number of sulfonamides is 1. The Morgan fingerprint density at radius 1 is 1.21 bits per heavy atom. The van der Waals surface area contributed by atoms with Crippen molar-refractivity contribution in [3.63, 3.8) is 0 Å². The summed E-state index contributed by atoms with van der Waals surface area (Å²) in [5.41, 5.74) is 1.09. The number of hydrogen-bond acceptors (Lipinski definition) is 6. The second kappa shape index (κ2) is 7.89. The number of amides is 1. The summed E-state index contributed by atoms with van der Waals surface area (Å²) < 4.78 is 36.4. The average molecular weight is 404 g/mol. The number of carbonyl (C=O) groups excluding carboxylic acids is 2. The molecule has 1 aliphatic rings. The highest BCUT2D eigenvalue weighted by Gasteiger charge is 2.34. The molecule has 2 aromatic rings. The van der Waals surface area contributed by atoms with Crippen molar-refractivity contribution in [2.24, 2.45) is 0 Å². The zero-order valence-corrected chi connectivity index (χ0v) is 16.2. The number of benzene rings is 2. The fourth-order valence-electron chi connectivity index (χ4n) is 2.80. The monoisotopic (exact) mass is 404 g/mol. The van der Waals surface area contributed by atoms with Gasteiger partial charge < -0.3 is 14.4 Å². The van der Waals surface area contributed by atoms with E-state index in [9.17, 15) is 18.0 Å². The minimum absolute atomic E-state index is 0.0204. The van der Waals surface area contributed by atoms with Gasteiger partial charge in [0, 0.05) is 11.3 Å². The van der Waals surface area contributed by atoms with Gasteiger partial charge in [0.05, 0.1) is 25.1 Å². The van der Waals surface area contributed by atoms with Crippen molar-refractivity contribution >= 4 is 33.3 Å². The molecule has 1 amide bonds. The summed E-state index contributed by atoms with van der Waals surface area (Å²) in [5, 5.41) is 0. The maximum atomic E-state index is 13.1. The Labute approximate surface area is 163 Å². The number of esters is 1. The molecule has 0 radical (unpaired) electrons. The van der Waals surface area contributed by atoms with Crippen LogP contribution in [0.1, 0.15) is 17.3 Å². The van der Waals surface area contributed by atoms with Crippen molar-refractivity contribution in [1.82, 2.24) is 0 Å². The van der Waals surface area contributed by atoms with E-state index in [2.05, 4.69) is 4.72 Å². The molecular weight excluding hydrogens is 384 g/mol. The summed E-state index contributed by atoms with van der Waals surface area (Å²) in [6.07, 6.45) is -0.953. The van der Waals surface area contributed by atoms with Gasteiger partial charge in [0.15, 0.2) is 0 Å². The molecule has 0 fully saturated rings. The quantitative estimate of drug-likeness (QED) is 0.765. The van der Waals surface area contributed by atoms with Gasteiger partial charge in [-0.15, -0.1) is 0 Å². The van der Waals surface area contributed by atoms with Gasteiger partial charge in [-0.05, 0) is 37.3 Å². The second-order valence-corrected chi connectivity index (χ2v) is 8.11. The molecule has 0 aromatic heterocycles. The number of para-hydroxylation sites is 2. The molecule has 2 aromatic carbocycles. The standard InChI is InChI=1S/C19H20N2O6S/c1-3-28(24,25)20-14-8-6-7-13(11-14)18(22)21-12-17(19(23)26-2)27-16-10-5-4-9-15(16)21/h4-11,17,20H,3,12H2,1-2H3. The number of hydrogen-bond donors (Lipinski definition) is 1. The molecule has 1 aliphatic heterocycles. The summed E-state index contributed by atoms with van der Waals surface area (Å²) >= 11 is 0. The Morgan fingerprint density at radius 3 is 2.68 bits per heavy atom. The van der Waals surface area contributed by atoms with Crippen LogP contribution in [0.25, 0.3) is 0 Å². The van der Waals surface area contributed by atoms with Crippen molar-refractivity contribution < 1.29 is 27.5 Å². The molecule has 28 heavy (non-hydrogen) atoms. The zero-order valence-electron chi connectivity index (χ0n) is 15.4. The molecule has 0 saturated carbocycles. The number of nitrogens with zero attached hydrogens (tertiary/aromatic N) is 1. The third kappa shape index (κ3) is 4.09. The summed E-state index contributed by atoms with van der Waals surface area (Å²) in [4.78, 5) is 26.5. The molecule has 1 unspecified atom stereocenters. The molecule has 8 nitrogen and oxygen atoms in total. The van der Waals surface area contributed by atoms with Gasteiger partial charge in [-0.25, -0.2) is 13.2 Å². The SMILES string of the molecule is CCS(=O)(=O)Nc1cccc(C(=O)N2CC(C(=O)OC)Oc3ccccc32)c1. The zero-order chi connectivity index (χ0) is 20.3. The third-order valence-corrected chi connectivity index (χ3v) is 5.55. The molecule has 9 heteroatoms. The van der Waals surface area contributed by atoms with E-state index < -0.39 is 22.1 Å². The summed E-state index contributed by atoms with van der Waals surface area (Å²) in [7, 11) is -2.22. The third-order valence-electron chi connectivity index (χ3n) is 4.25. The Balaban J connectivity index is 1.94. The van der Waals surface area contributed by atoms with Crippen LogP contribution in [0.15, 0.2) is 48.5 Å². The van der Waals surface area contributed by atoms with Gasteiger partial charge in [-0.3, -0.25) is 9.52 Å². The number of ether oxygens (including phenoxy) is 2. The predicted octanol–water partition coefficient (Wildman–Crippen LogP) is 2.03. The minimum Gasteiger partial charge on any atom is -0.475 e. The molecule has 0 aliphatic carbocycles. The lowest BCUT2D eigenvalue weighted by atomic mass is 10.1. The first kappa shape index (κ1) is 19.7. The van der Waals surface area contributed by atoms with Crippen LogP contribution >= 0.6 is 0 Å². The first-order valence-corrected chi connectivity index (χ1v) is 10.3. The van der Waals surface area contributed by atoms with E-state index in [0.29, 0.717) is 17.1 Å². The highest BCUT2D eigenvalue weighted by molar-refractivity contribution is 7.92. The predicted molar refractivity (Wildman–Crippen MR) is 104 cm³/mol. The average Bonchev–Trinajstić information content (AvgIpc) is 2.71. The number of methoxy groups -OCH3 is 1. The first-order chi connectivity index (χ1) is 13.3. The van der Waals surface area contributed by atoms with Crippen molar-refractivity contribution in [1.29, 1.82) is 0 Å². The molecule has 1 heterocycles. The number of rotatable bonds is 5. The van der Waals surface area contributed by atoms with E-state index in [1.54, 1.807) is 42.5 Å². The van der Waals surface area contributed by atoms with Crippen molar-refractivity contribution in [2.75, 3.05) is 29.0 Å². The van der Waals surface area contributed by atoms with E-state index in [0.717, 1.165) is 0 Å². The fraction of sp³-hybridized carbons (Fsp3) is 0.263. The van der Waals surface area contributed by atoms with E-state index in [4.69, 9.17) is 9.47 Å². The molecule has 3 rings (SSSR count). The van der Waals surface area contributed by atoms with E-state index >= 15 is 0 Å². The van der Waals surface area contributed by atoms with E-state index in [1.165, 1.54) is 25.0 Å². The highest BCUT2D eigenvalue weighted by atomic mass is 32.2. The molecule has 0 saturated heterocycles. The Bertz CT molecular complexity index is 1000. The highest BCUT2D eigenvalue weighted by Crippen LogP contribution is 2.34. The molecular formula is C19H20N2O6S. The largest absolute Gasteiger partial charge is 0.475 e. The van der Waals surface area contributed by atoms with Crippen LogP contribution < -0.4 is 14.4 Å². The van der Waals surface area contributed by atoms with Crippen LogP contribution in [-0.4, -0.2) is 45.8 Å². The van der Waals surface area contributed by atoms with Crippen LogP contribution in [-0.2, 0) is 19.6 Å². The lowest BCUT2D eigenvalue weighted by Crippen LogP contribution is -2.47. The molecule has 1 atom stereocenters. The van der Waals surface area contributed by atoms with Gasteiger partial charge in [0.2, 0.25) is 16.1 Å². The van der Waals surface area contributed by atoms with Gasteiger partial charge in [-0.2, -0.15) is 0 Å². The summed E-state index contributed by atoms with van der Waals surface area (Å²) in [5.74, 6) is -0.665. The van der Waals surface area contributed by atoms with Crippen LogP contribution in [0.3, 0.4) is 0 Å². The maximum absolute atomic E-state index is 13.1. The Morgan fingerprint density at radius 2 is 1.96 bits per heavy atom.